The van der Waals surface area contributed by atoms with Gasteiger partial charge < -0.3 is 9.67 Å². The summed E-state index contributed by atoms with van der Waals surface area (Å²) in [7, 11) is 0. The molecule has 0 aliphatic rings. The third-order valence-corrected chi connectivity index (χ3v) is 2.55. The fourth-order valence-corrected chi connectivity index (χ4v) is 1.80. The lowest BCUT2D eigenvalue weighted by atomic mass is 10.2. The van der Waals surface area contributed by atoms with Crippen molar-refractivity contribution in [3.05, 3.63) is 48.2 Å². The van der Waals surface area contributed by atoms with Crippen molar-refractivity contribution in [3.8, 4) is 0 Å². The van der Waals surface area contributed by atoms with Crippen LogP contribution in [0.3, 0.4) is 0 Å². The zero-order chi connectivity index (χ0) is 11.5. The summed E-state index contributed by atoms with van der Waals surface area (Å²) in [5, 5.41) is 10.1. The lowest BCUT2D eigenvalue weighted by Crippen LogP contribution is -2.07. The average molecular weight is 215 g/mol. The summed E-state index contributed by atoms with van der Waals surface area (Å²) >= 11 is 0. The zero-order valence-electron chi connectivity index (χ0n) is 9.05. The minimum atomic E-state index is -0.888. The number of carboxylic acids is 1. The molecule has 0 fully saturated rings. The van der Waals surface area contributed by atoms with Gasteiger partial charge in [0.15, 0.2) is 0 Å². The number of nitrogens with zero attached hydrogens (tertiary/aromatic N) is 1. The Bertz CT molecular complexity index is 552. The minimum absolute atomic E-state index is 0.333. The van der Waals surface area contributed by atoms with Gasteiger partial charge in [-0.05, 0) is 19.1 Å². The maximum Gasteiger partial charge on any atom is 0.352 e. The van der Waals surface area contributed by atoms with Crippen molar-refractivity contribution in [1.82, 2.24) is 4.57 Å². The normalized spacial score (nSPS) is 11.3. The number of para-hydroxylation sites is 1. The van der Waals surface area contributed by atoms with Gasteiger partial charge in [0.2, 0.25) is 0 Å². The summed E-state index contributed by atoms with van der Waals surface area (Å²) in [6, 6.07) is 9.40. The molecule has 1 heterocycles. The van der Waals surface area contributed by atoms with E-state index >= 15 is 0 Å². The second-order valence-corrected chi connectivity index (χ2v) is 3.57. The van der Waals surface area contributed by atoms with Crippen molar-refractivity contribution >= 4 is 16.9 Å². The first-order valence-electron chi connectivity index (χ1n) is 5.16. The molecule has 2 rings (SSSR count). The van der Waals surface area contributed by atoms with E-state index in [9.17, 15) is 4.79 Å². The first-order valence-corrected chi connectivity index (χ1v) is 5.16. The van der Waals surface area contributed by atoms with Crippen LogP contribution in [0, 0.1) is 0 Å². The Kier molecular flexibility index (Phi) is 2.77. The number of benzene rings is 1. The SMILES string of the molecule is C/C=C/Cn1c(C(=O)O)cc2ccccc21. The predicted molar refractivity (Wildman–Crippen MR) is 63.7 cm³/mol. The quantitative estimate of drug-likeness (QED) is 0.800. The van der Waals surface area contributed by atoms with Gasteiger partial charge in [-0.25, -0.2) is 4.79 Å². The number of hydrogen-bond donors (Lipinski definition) is 1. The molecular formula is C13H13NO2. The second kappa shape index (κ2) is 4.23. The van der Waals surface area contributed by atoms with Crippen molar-refractivity contribution in [3.63, 3.8) is 0 Å². The van der Waals surface area contributed by atoms with Gasteiger partial charge in [0.1, 0.15) is 5.69 Å². The van der Waals surface area contributed by atoms with Crippen LogP contribution in [0.1, 0.15) is 17.4 Å². The molecule has 1 N–H and O–H groups in total. The number of aromatic carboxylic acids is 1. The molecule has 3 heteroatoms. The fraction of sp³-hybridized carbons (Fsp3) is 0.154. The van der Waals surface area contributed by atoms with E-state index < -0.39 is 5.97 Å². The van der Waals surface area contributed by atoms with Gasteiger partial charge in [-0.2, -0.15) is 0 Å². The van der Waals surface area contributed by atoms with Crippen LogP contribution in [0.25, 0.3) is 10.9 Å². The number of fused-ring (bicyclic) bond motifs is 1. The molecular weight excluding hydrogens is 202 g/mol. The molecule has 2 aromatic rings. The standard InChI is InChI=1S/C13H13NO2/c1-2-3-8-14-11-7-5-4-6-10(11)9-12(14)13(15)16/h2-7,9H,8H2,1H3,(H,15,16)/b3-2+. The summed E-state index contributed by atoms with van der Waals surface area (Å²) in [6.45, 7) is 2.51. The first kappa shape index (κ1) is 10.5. The van der Waals surface area contributed by atoms with E-state index in [1.54, 1.807) is 10.6 Å². The van der Waals surface area contributed by atoms with Gasteiger partial charge in [0.25, 0.3) is 0 Å². The predicted octanol–water partition coefficient (Wildman–Crippen LogP) is 2.92. The Labute approximate surface area is 93.6 Å². The van der Waals surface area contributed by atoms with Crippen LogP contribution in [0.4, 0.5) is 0 Å². The van der Waals surface area contributed by atoms with E-state index in [1.807, 2.05) is 43.3 Å². The number of rotatable bonds is 3. The molecule has 0 unspecified atom stereocenters. The molecule has 0 spiro atoms. The highest BCUT2D eigenvalue weighted by atomic mass is 16.4. The molecule has 0 bridgehead atoms. The molecule has 1 aromatic carbocycles. The van der Waals surface area contributed by atoms with Gasteiger partial charge in [-0.3, -0.25) is 0 Å². The van der Waals surface area contributed by atoms with Gasteiger partial charge in [0.05, 0.1) is 0 Å². The Balaban J connectivity index is 2.64. The van der Waals surface area contributed by atoms with Gasteiger partial charge in [-0.1, -0.05) is 30.4 Å². The topological polar surface area (TPSA) is 42.2 Å². The maximum absolute atomic E-state index is 11.1. The lowest BCUT2D eigenvalue weighted by molar-refractivity contribution is 0.0686. The number of aromatic nitrogens is 1. The van der Waals surface area contributed by atoms with Crippen LogP contribution >= 0.6 is 0 Å². The van der Waals surface area contributed by atoms with Crippen molar-refractivity contribution in [1.29, 1.82) is 0 Å². The van der Waals surface area contributed by atoms with Crippen LogP contribution in [0.2, 0.25) is 0 Å². The van der Waals surface area contributed by atoms with E-state index in [0.717, 1.165) is 10.9 Å². The van der Waals surface area contributed by atoms with Crippen LogP contribution in [-0.2, 0) is 6.54 Å². The highest BCUT2D eigenvalue weighted by Crippen LogP contribution is 2.19. The molecule has 0 saturated heterocycles. The van der Waals surface area contributed by atoms with Gasteiger partial charge in [-0.15, -0.1) is 0 Å². The third kappa shape index (κ3) is 1.72. The maximum atomic E-state index is 11.1. The summed E-state index contributed by atoms with van der Waals surface area (Å²) in [6.07, 6.45) is 3.86. The molecule has 1 aromatic heterocycles. The number of carboxylic acid groups (broad SMARTS) is 1. The van der Waals surface area contributed by atoms with Crippen LogP contribution < -0.4 is 0 Å². The van der Waals surface area contributed by atoms with E-state index in [0.29, 0.717) is 12.2 Å². The third-order valence-electron chi connectivity index (χ3n) is 2.55. The molecule has 0 aliphatic carbocycles. The zero-order valence-corrected chi connectivity index (χ0v) is 9.05. The van der Waals surface area contributed by atoms with Crippen LogP contribution in [0.5, 0.6) is 0 Å². The lowest BCUT2D eigenvalue weighted by Gasteiger charge is -2.04. The van der Waals surface area contributed by atoms with Crippen molar-refractivity contribution in [2.45, 2.75) is 13.5 Å². The van der Waals surface area contributed by atoms with Crippen molar-refractivity contribution < 1.29 is 9.90 Å². The Hall–Kier alpha value is -2.03. The fourth-order valence-electron chi connectivity index (χ4n) is 1.80. The second-order valence-electron chi connectivity index (χ2n) is 3.57. The van der Waals surface area contributed by atoms with Gasteiger partial charge in [0, 0.05) is 17.4 Å². The van der Waals surface area contributed by atoms with E-state index in [-0.39, 0.29) is 0 Å². The van der Waals surface area contributed by atoms with Crippen LogP contribution in [0.15, 0.2) is 42.5 Å². The highest BCUT2D eigenvalue weighted by Gasteiger charge is 2.12. The highest BCUT2D eigenvalue weighted by molar-refractivity contribution is 5.94. The smallest absolute Gasteiger partial charge is 0.352 e. The summed E-state index contributed by atoms with van der Waals surface area (Å²) in [5.74, 6) is -0.888. The summed E-state index contributed by atoms with van der Waals surface area (Å²) in [4.78, 5) is 11.1. The number of carbonyl (C=O) groups is 1. The Morgan fingerprint density at radius 1 is 1.44 bits per heavy atom. The molecule has 0 amide bonds. The van der Waals surface area contributed by atoms with E-state index in [4.69, 9.17) is 5.11 Å². The summed E-state index contributed by atoms with van der Waals surface area (Å²) < 4.78 is 1.80. The van der Waals surface area contributed by atoms with Gasteiger partial charge >= 0.3 is 5.97 Å². The molecule has 0 radical (unpaired) electrons. The number of hydrogen-bond acceptors (Lipinski definition) is 1. The molecule has 82 valence electrons. The molecule has 0 aliphatic heterocycles. The minimum Gasteiger partial charge on any atom is -0.477 e. The van der Waals surface area contributed by atoms with Crippen molar-refractivity contribution in [2.24, 2.45) is 0 Å². The van der Waals surface area contributed by atoms with E-state index in [1.165, 1.54) is 0 Å². The molecule has 16 heavy (non-hydrogen) atoms. The Morgan fingerprint density at radius 2 is 2.19 bits per heavy atom. The Morgan fingerprint density at radius 3 is 2.88 bits per heavy atom. The molecule has 0 atom stereocenters. The average Bonchev–Trinajstić information content (AvgIpc) is 2.65. The van der Waals surface area contributed by atoms with E-state index in [2.05, 4.69) is 0 Å². The number of allylic oxidation sites excluding steroid dienone is 2. The molecule has 3 nitrogen and oxygen atoms in total. The monoisotopic (exact) mass is 215 g/mol. The van der Waals surface area contributed by atoms with Crippen LogP contribution in [-0.4, -0.2) is 15.6 Å². The van der Waals surface area contributed by atoms with Crippen molar-refractivity contribution in [2.75, 3.05) is 0 Å². The summed E-state index contributed by atoms with van der Waals surface area (Å²) in [5.41, 5.74) is 1.29. The molecule has 0 saturated carbocycles. The first-order chi connectivity index (χ1) is 7.74. The largest absolute Gasteiger partial charge is 0.477 e.